The summed E-state index contributed by atoms with van der Waals surface area (Å²) in [6.07, 6.45) is 2.39. The molecule has 2 N–H and O–H groups in total. The highest BCUT2D eigenvalue weighted by atomic mass is 32.2. The number of sulfone groups is 1. The van der Waals surface area contributed by atoms with Crippen molar-refractivity contribution in [2.75, 3.05) is 12.0 Å². The van der Waals surface area contributed by atoms with Gasteiger partial charge in [0.1, 0.15) is 11.6 Å². The summed E-state index contributed by atoms with van der Waals surface area (Å²) in [7, 11) is -3.69. The molecule has 2 aromatic carbocycles. The van der Waals surface area contributed by atoms with Crippen molar-refractivity contribution in [3.05, 3.63) is 70.1 Å². The fourth-order valence-corrected chi connectivity index (χ4v) is 4.38. The lowest BCUT2D eigenvalue weighted by atomic mass is 10.0. The molecule has 0 aliphatic rings. The van der Waals surface area contributed by atoms with Crippen LogP contribution in [0.2, 0.25) is 0 Å². The van der Waals surface area contributed by atoms with E-state index in [-0.39, 0.29) is 21.7 Å². The van der Waals surface area contributed by atoms with Crippen LogP contribution in [-0.4, -0.2) is 24.4 Å². The Kier molecular flexibility index (Phi) is 4.50. The van der Waals surface area contributed by atoms with Crippen molar-refractivity contribution in [2.45, 2.75) is 18.7 Å². The number of nitrogens with two attached hydrogens (primary N) is 1. The van der Waals surface area contributed by atoms with Gasteiger partial charge in [-0.15, -0.1) is 0 Å². The first-order valence-corrected chi connectivity index (χ1v) is 10.8. The molecule has 0 unspecified atom stereocenters. The highest BCUT2D eigenvalue weighted by Crippen LogP contribution is 2.31. The van der Waals surface area contributed by atoms with Crippen molar-refractivity contribution in [3.63, 3.8) is 0 Å². The Morgan fingerprint density at radius 3 is 2.50 bits per heavy atom. The molecule has 30 heavy (non-hydrogen) atoms. The third kappa shape index (κ3) is 3.17. The second kappa shape index (κ2) is 6.81. The van der Waals surface area contributed by atoms with Gasteiger partial charge in [-0.25, -0.2) is 12.8 Å². The second-order valence-electron chi connectivity index (χ2n) is 7.09. The molecule has 0 aliphatic heterocycles. The number of halogens is 1. The van der Waals surface area contributed by atoms with Crippen LogP contribution in [0.4, 0.5) is 10.1 Å². The Hall–Kier alpha value is -3.46. The number of hydrogen-bond donors (Lipinski definition) is 1. The van der Waals surface area contributed by atoms with Crippen molar-refractivity contribution < 1.29 is 17.3 Å². The SMILES string of the molecule is Cc1noc(C)c1-c1ccc2c(=O)ccn(-c3cc(N)c(S(C)(=O)=O)cc3F)c2c1. The van der Waals surface area contributed by atoms with Gasteiger partial charge in [0.2, 0.25) is 0 Å². The molecule has 2 aromatic heterocycles. The minimum Gasteiger partial charge on any atom is -0.398 e. The van der Waals surface area contributed by atoms with Crippen LogP contribution in [0.3, 0.4) is 0 Å². The van der Waals surface area contributed by atoms with Gasteiger partial charge in [0, 0.05) is 29.5 Å². The van der Waals surface area contributed by atoms with Gasteiger partial charge >= 0.3 is 0 Å². The zero-order chi connectivity index (χ0) is 21.8. The third-order valence-corrected chi connectivity index (χ3v) is 6.11. The molecule has 0 bridgehead atoms. The Morgan fingerprint density at radius 2 is 1.87 bits per heavy atom. The molecular formula is C21H18FN3O4S. The molecule has 0 saturated carbocycles. The Morgan fingerprint density at radius 1 is 1.13 bits per heavy atom. The van der Waals surface area contributed by atoms with E-state index in [1.165, 1.54) is 22.9 Å². The fourth-order valence-electron chi connectivity index (χ4n) is 3.58. The molecular weight excluding hydrogens is 409 g/mol. The van der Waals surface area contributed by atoms with Gasteiger partial charge in [-0.05, 0) is 43.7 Å². The van der Waals surface area contributed by atoms with Gasteiger partial charge < -0.3 is 14.8 Å². The van der Waals surface area contributed by atoms with Crippen LogP contribution in [0, 0.1) is 19.7 Å². The Balaban J connectivity index is 2.03. The second-order valence-corrected chi connectivity index (χ2v) is 9.08. The number of fused-ring (bicyclic) bond motifs is 1. The van der Waals surface area contributed by atoms with E-state index >= 15 is 0 Å². The monoisotopic (exact) mass is 427 g/mol. The van der Waals surface area contributed by atoms with E-state index in [0.717, 1.165) is 23.4 Å². The van der Waals surface area contributed by atoms with Crippen molar-refractivity contribution in [3.8, 4) is 16.8 Å². The molecule has 0 atom stereocenters. The largest absolute Gasteiger partial charge is 0.398 e. The molecule has 0 spiro atoms. The smallest absolute Gasteiger partial charge is 0.189 e. The first kappa shape index (κ1) is 19.8. The molecule has 2 heterocycles. The van der Waals surface area contributed by atoms with Crippen molar-refractivity contribution >= 4 is 26.4 Å². The number of aryl methyl sites for hydroxylation is 2. The molecule has 154 valence electrons. The van der Waals surface area contributed by atoms with E-state index in [2.05, 4.69) is 5.16 Å². The zero-order valence-electron chi connectivity index (χ0n) is 16.4. The van der Waals surface area contributed by atoms with Gasteiger partial charge in [0.05, 0.1) is 27.5 Å². The molecule has 4 rings (SSSR count). The minimum atomic E-state index is -3.69. The van der Waals surface area contributed by atoms with Gasteiger partial charge in [-0.1, -0.05) is 11.2 Å². The first-order valence-electron chi connectivity index (χ1n) is 8.96. The molecule has 0 radical (unpaired) electrons. The predicted octanol–water partition coefficient (Wildman–Crippen LogP) is 3.39. The summed E-state index contributed by atoms with van der Waals surface area (Å²) < 4.78 is 45.3. The van der Waals surface area contributed by atoms with Crippen LogP contribution >= 0.6 is 0 Å². The normalized spacial score (nSPS) is 11.9. The highest BCUT2D eigenvalue weighted by molar-refractivity contribution is 7.90. The number of nitrogens with zero attached hydrogens (tertiary/aromatic N) is 2. The van der Waals surface area contributed by atoms with Crippen LogP contribution in [0.25, 0.3) is 27.7 Å². The molecule has 7 nitrogen and oxygen atoms in total. The minimum absolute atomic E-state index is 0.0285. The molecule has 0 saturated heterocycles. The maximum Gasteiger partial charge on any atom is 0.189 e. The summed E-state index contributed by atoms with van der Waals surface area (Å²) in [6.45, 7) is 3.58. The first-order chi connectivity index (χ1) is 14.1. The molecule has 0 aliphatic carbocycles. The van der Waals surface area contributed by atoms with Crippen LogP contribution in [-0.2, 0) is 9.84 Å². The van der Waals surface area contributed by atoms with Crippen LogP contribution in [0.15, 0.2) is 56.8 Å². The number of aromatic nitrogens is 2. The Bertz CT molecular complexity index is 1470. The average Bonchev–Trinajstić information content (AvgIpc) is 3.01. The van der Waals surface area contributed by atoms with E-state index in [4.69, 9.17) is 10.3 Å². The van der Waals surface area contributed by atoms with Gasteiger partial charge in [0.15, 0.2) is 15.3 Å². The molecule has 9 heteroatoms. The average molecular weight is 427 g/mol. The number of pyridine rings is 1. The summed E-state index contributed by atoms with van der Waals surface area (Å²) in [5, 5.41) is 4.33. The topological polar surface area (TPSA) is 108 Å². The predicted molar refractivity (Wildman–Crippen MR) is 112 cm³/mol. The Labute approximate surface area is 171 Å². The van der Waals surface area contributed by atoms with Crippen LogP contribution < -0.4 is 11.2 Å². The third-order valence-electron chi connectivity index (χ3n) is 4.96. The van der Waals surface area contributed by atoms with E-state index in [0.29, 0.717) is 22.4 Å². The van der Waals surface area contributed by atoms with Gasteiger partial charge in [-0.3, -0.25) is 4.79 Å². The number of nitrogen functional groups attached to an aromatic ring is 1. The lowest BCUT2D eigenvalue weighted by Crippen LogP contribution is -2.10. The summed E-state index contributed by atoms with van der Waals surface area (Å²) in [6, 6.07) is 8.63. The van der Waals surface area contributed by atoms with E-state index in [9.17, 15) is 17.6 Å². The van der Waals surface area contributed by atoms with Crippen LogP contribution in [0.1, 0.15) is 11.5 Å². The van der Waals surface area contributed by atoms with Crippen molar-refractivity contribution in [1.29, 1.82) is 0 Å². The number of anilines is 1. The maximum absolute atomic E-state index is 14.9. The molecule has 0 fully saturated rings. The molecule has 4 aromatic rings. The van der Waals surface area contributed by atoms with E-state index in [1.54, 1.807) is 32.0 Å². The van der Waals surface area contributed by atoms with Crippen LogP contribution in [0.5, 0.6) is 0 Å². The number of rotatable bonds is 3. The zero-order valence-corrected chi connectivity index (χ0v) is 17.2. The maximum atomic E-state index is 14.9. The van der Waals surface area contributed by atoms with E-state index in [1.807, 2.05) is 0 Å². The van der Waals surface area contributed by atoms with Crippen molar-refractivity contribution in [2.24, 2.45) is 0 Å². The summed E-state index contributed by atoms with van der Waals surface area (Å²) in [4.78, 5) is 12.1. The summed E-state index contributed by atoms with van der Waals surface area (Å²) in [5.41, 5.74) is 8.27. The van der Waals surface area contributed by atoms with Gasteiger partial charge in [0.25, 0.3) is 0 Å². The standard InChI is InChI=1S/C21H18FN3O4S/c1-11-21(12(2)29-24-11)13-4-5-14-17(8-13)25(7-6-19(14)26)18-10-16(23)20(9-15(18)22)30(3,27)28/h4-10H,23H2,1-3H3. The number of hydrogen-bond acceptors (Lipinski definition) is 6. The van der Waals surface area contributed by atoms with E-state index < -0.39 is 15.7 Å². The quantitative estimate of drug-likeness (QED) is 0.502. The molecule has 0 amide bonds. The lowest BCUT2D eigenvalue weighted by molar-refractivity contribution is 0.393. The summed E-state index contributed by atoms with van der Waals surface area (Å²) >= 11 is 0. The summed E-state index contributed by atoms with van der Waals surface area (Å²) in [5.74, 6) is -0.165. The lowest BCUT2D eigenvalue weighted by Gasteiger charge is -2.15. The number of benzene rings is 2. The van der Waals surface area contributed by atoms with Gasteiger partial charge in [-0.2, -0.15) is 0 Å². The highest BCUT2D eigenvalue weighted by Gasteiger charge is 2.19. The van der Waals surface area contributed by atoms with Crippen molar-refractivity contribution in [1.82, 2.24) is 9.72 Å². The fraction of sp³-hybridized carbons (Fsp3) is 0.143.